The van der Waals surface area contributed by atoms with Crippen LogP contribution in [-0.4, -0.2) is 95.4 Å². The summed E-state index contributed by atoms with van der Waals surface area (Å²) in [5.41, 5.74) is 3.62. The number of ketones is 1. The number of hydrogen-bond acceptors (Lipinski definition) is 10. The van der Waals surface area contributed by atoms with E-state index in [4.69, 9.17) is 14.2 Å². The van der Waals surface area contributed by atoms with Crippen LogP contribution in [-0.2, 0) is 41.7 Å². The molecule has 2 heterocycles. The lowest BCUT2D eigenvalue weighted by atomic mass is 9.95. The molecule has 0 saturated heterocycles. The van der Waals surface area contributed by atoms with Crippen molar-refractivity contribution in [3.8, 4) is 22.5 Å². The Kier molecular flexibility index (Phi) is 16.8. The maximum Gasteiger partial charge on any atom is 0.407 e. The van der Waals surface area contributed by atoms with Crippen molar-refractivity contribution >= 4 is 29.4 Å². The van der Waals surface area contributed by atoms with Gasteiger partial charge in [-0.05, 0) is 71.4 Å². The van der Waals surface area contributed by atoms with E-state index in [1.807, 2.05) is 90.1 Å². The van der Waals surface area contributed by atoms with Gasteiger partial charge in [0.25, 0.3) is 0 Å². The lowest BCUT2D eigenvalue weighted by Crippen LogP contribution is -2.39. The third-order valence-corrected chi connectivity index (χ3v) is 10.5. The van der Waals surface area contributed by atoms with Gasteiger partial charge in [-0.3, -0.25) is 14.4 Å². The molecule has 0 saturated carbocycles. The molecule has 312 valence electrons. The smallest absolute Gasteiger partial charge is 0.407 e. The number of Topliss-reactive ketones (excluding diaryl/α,β-unsaturated/α-hetero) is 1. The van der Waals surface area contributed by atoms with Crippen LogP contribution in [0.1, 0.15) is 99.0 Å². The van der Waals surface area contributed by atoms with Crippen molar-refractivity contribution in [1.29, 1.82) is 0 Å². The van der Waals surface area contributed by atoms with Crippen molar-refractivity contribution in [2.45, 2.75) is 130 Å². The number of unbranched alkanes of at least 4 members (excludes halogenated alkanes) is 1. The van der Waals surface area contributed by atoms with Gasteiger partial charge in [-0.25, -0.2) is 9.48 Å². The number of fused-ring (bicyclic) bond motifs is 5. The van der Waals surface area contributed by atoms with Gasteiger partial charge in [-0.1, -0.05) is 68.4 Å². The predicted octanol–water partition coefficient (Wildman–Crippen LogP) is 6.21. The van der Waals surface area contributed by atoms with E-state index in [2.05, 4.69) is 26.3 Å². The number of hydrogen-bond donors (Lipinski definition) is 3. The van der Waals surface area contributed by atoms with Crippen LogP contribution in [0.25, 0.3) is 22.5 Å². The van der Waals surface area contributed by atoms with E-state index in [-0.39, 0.29) is 67.8 Å². The molecule has 0 spiro atoms. The summed E-state index contributed by atoms with van der Waals surface area (Å²) in [4.78, 5) is 53.4. The molecule has 57 heavy (non-hydrogen) atoms. The second kappa shape index (κ2) is 21.2. The topological polar surface area (TPSA) is 166 Å². The zero-order valence-electron chi connectivity index (χ0n) is 35.1. The molecule has 1 aliphatic heterocycles. The van der Waals surface area contributed by atoms with Crippen molar-refractivity contribution in [2.24, 2.45) is 0 Å². The van der Waals surface area contributed by atoms with Gasteiger partial charge in [-0.15, -0.1) is 5.10 Å². The van der Waals surface area contributed by atoms with Crippen molar-refractivity contribution in [3.63, 3.8) is 0 Å². The lowest BCUT2D eigenvalue weighted by molar-refractivity contribution is -0.130. The number of carbonyl (C=O) groups excluding carboxylic acids is 4. The molecular formula is C43H63N7O7. The van der Waals surface area contributed by atoms with E-state index in [1.165, 1.54) is 0 Å². The van der Waals surface area contributed by atoms with E-state index in [1.54, 1.807) is 23.6 Å². The number of amides is 3. The third-order valence-electron chi connectivity index (χ3n) is 10.5. The Bertz CT molecular complexity index is 1810. The number of para-hydroxylation sites is 1. The van der Waals surface area contributed by atoms with Gasteiger partial charge in [0, 0.05) is 43.8 Å². The molecular weight excluding hydrogens is 727 g/mol. The molecule has 4 rings (SSSR count). The molecule has 0 aliphatic carbocycles. The average molecular weight is 790 g/mol. The number of rotatable bonds is 22. The first-order valence-electron chi connectivity index (χ1n) is 20.2. The van der Waals surface area contributed by atoms with Crippen LogP contribution in [0.4, 0.5) is 10.5 Å². The number of ether oxygens (including phenoxy) is 3. The molecule has 3 amide bonds. The first kappa shape index (κ1) is 45.0. The summed E-state index contributed by atoms with van der Waals surface area (Å²) in [6, 6.07) is 15.4. The monoisotopic (exact) mass is 789 g/mol. The Hall–Kier alpha value is -4.66. The Morgan fingerprint density at radius 3 is 2.35 bits per heavy atom. The maximum absolute atomic E-state index is 14.1. The van der Waals surface area contributed by atoms with E-state index < -0.39 is 11.7 Å². The summed E-state index contributed by atoms with van der Waals surface area (Å²) < 4.78 is 18.9. The molecule has 3 N–H and O–H groups in total. The standard InChI is InChI=1S/C43H63N7O7/c1-9-43(7,57-26-22-42(5,6)55-8)28-37(52)44-24-21-38(53)49-29-32-16-10-11-17-33(32)39-40(34-18-12-13-20-36(34)49)50(48-47-39)25-27-56-41(54)45-23-15-14-19-35(31(4)51)46-30(2)3/h10-13,16-18,20,30,35,46H,9,14-15,19,21-29H2,1-8H3,(H,44,52)(H,45,54). The second-order valence-electron chi connectivity index (χ2n) is 15.8. The fourth-order valence-corrected chi connectivity index (χ4v) is 6.71. The molecule has 2 atom stereocenters. The first-order chi connectivity index (χ1) is 27.2. The zero-order valence-corrected chi connectivity index (χ0v) is 35.1. The van der Waals surface area contributed by atoms with Crippen LogP contribution in [0.2, 0.25) is 0 Å². The molecule has 2 aromatic carbocycles. The zero-order chi connectivity index (χ0) is 41.6. The van der Waals surface area contributed by atoms with Crippen molar-refractivity contribution in [2.75, 3.05) is 38.3 Å². The highest BCUT2D eigenvalue weighted by atomic mass is 16.5. The summed E-state index contributed by atoms with van der Waals surface area (Å²) in [7, 11) is 1.67. The van der Waals surface area contributed by atoms with Gasteiger partial charge in [0.1, 0.15) is 18.1 Å². The Morgan fingerprint density at radius 2 is 1.65 bits per heavy atom. The largest absolute Gasteiger partial charge is 0.448 e. The number of aromatic nitrogens is 3. The highest BCUT2D eigenvalue weighted by Gasteiger charge is 2.31. The van der Waals surface area contributed by atoms with E-state index in [0.717, 1.165) is 23.1 Å². The maximum atomic E-state index is 14.1. The number of methoxy groups -OCH3 is 1. The molecule has 2 unspecified atom stereocenters. The Morgan fingerprint density at radius 1 is 0.930 bits per heavy atom. The summed E-state index contributed by atoms with van der Waals surface area (Å²) >= 11 is 0. The average Bonchev–Trinajstić information content (AvgIpc) is 3.58. The minimum atomic E-state index is -0.639. The molecule has 0 fully saturated rings. The Balaban J connectivity index is 1.39. The van der Waals surface area contributed by atoms with Crippen LogP contribution in [0.3, 0.4) is 0 Å². The minimum absolute atomic E-state index is 0.0474. The highest BCUT2D eigenvalue weighted by Crippen LogP contribution is 2.41. The quantitative estimate of drug-likeness (QED) is 0.0998. The van der Waals surface area contributed by atoms with Gasteiger partial charge in [0.15, 0.2) is 0 Å². The molecule has 14 nitrogen and oxygen atoms in total. The molecule has 14 heteroatoms. The number of alkyl carbamates (subject to hydrolysis) is 1. The SMILES string of the molecule is CCC(C)(CC(=O)NCCC(=O)N1Cc2ccccc2-c2nnn(CCOC(=O)NCCCCC(NC(C)C)C(C)=O)c2-c2ccccc21)OCCC(C)(C)OC. The molecule has 1 aliphatic rings. The number of carbonyl (C=O) groups is 4. The summed E-state index contributed by atoms with van der Waals surface area (Å²) in [5, 5.41) is 18.1. The number of nitrogens with one attached hydrogen (secondary N) is 3. The van der Waals surface area contributed by atoms with Gasteiger partial charge >= 0.3 is 6.09 Å². The van der Waals surface area contributed by atoms with Crippen molar-refractivity contribution in [1.82, 2.24) is 30.9 Å². The second-order valence-corrected chi connectivity index (χ2v) is 15.8. The molecule has 0 radical (unpaired) electrons. The summed E-state index contributed by atoms with van der Waals surface area (Å²) in [5.74, 6) is -0.214. The summed E-state index contributed by atoms with van der Waals surface area (Å²) in [6.07, 6.45) is 3.29. The van der Waals surface area contributed by atoms with Crippen LogP contribution < -0.4 is 20.9 Å². The summed E-state index contributed by atoms with van der Waals surface area (Å²) in [6.45, 7) is 15.2. The lowest BCUT2D eigenvalue weighted by Gasteiger charge is -2.31. The van der Waals surface area contributed by atoms with Crippen LogP contribution >= 0.6 is 0 Å². The number of nitrogens with zero attached hydrogens (tertiary/aromatic N) is 4. The molecule has 0 bridgehead atoms. The van der Waals surface area contributed by atoms with E-state index >= 15 is 0 Å². The fourth-order valence-electron chi connectivity index (χ4n) is 6.71. The van der Waals surface area contributed by atoms with Crippen LogP contribution in [0.5, 0.6) is 0 Å². The fraction of sp³-hybridized carbons (Fsp3) is 0.581. The predicted molar refractivity (Wildman–Crippen MR) is 221 cm³/mol. The first-order valence-corrected chi connectivity index (χ1v) is 20.2. The number of anilines is 1. The van der Waals surface area contributed by atoms with Gasteiger partial charge < -0.3 is 35.1 Å². The van der Waals surface area contributed by atoms with Crippen LogP contribution in [0.15, 0.2) is 48.5 Å². The van der Waals surface area contributed by atoms with Gasteiger partial charge in [0.05, 0.1) is 54.7 Å². The van der Waals surface area contributed by atoms with Crippen molar-refractivity contribution < 1.29 is 33.4 Å². The normalized spacial score (nSPS) is 14.0. The van der Waals surface area contributed by atoms with E-state index in [9.17, 15) is 19.2 Å². The molecule has 1 aromatic heterocycles. The highest BCUT2D eigenvalue weighted by molar-refractivity contribution is 6.00. The van der Waals surface area contributed by atoms with E-state index in [0.29, 0.717) is 62.5 Å². The van der Waals surface area contributed by atoms with Crippen LogP contribution in [0, 0.1) is 0 Å². The third kappa shape index (κ3) is 13.2. The minimum Gasteiger partial charge on any atom is -0.448 e. The Labute approximate surface area is 337 Å². The van der Waals surface area contributed by atoms with Gasteiger partial charge in [-0.2, -0.15) is 0 Å². The molecule has 3 aromatic rings. The van der Waals surface area contributed by atoms with Gasteiger partial charge in [0.2, 0.25) is 11.8 Å². The number of benzene rings is 2. The van der Waals surface area contributed by atoms with Crippen molar-refractivity contribution in [3.05, 3.63) is 54.1 Å².